The molecular weight excluding hydrogens is 210 g/mol. The first kappa shape index (κ1) is 11.9. The SMILES string of the molecule is NC1CCCC(N2CCCN3CCCC3C2)C1. The standard InChI is InChI=1S/C14H27N3/c15-12-4-1-5-13(10-12)17-9-3-8-16-7-2-6-14(16)11-17/h12-14H,1-11,15H2. The molecule has 0 aromatic heterocycles. The highest BCUT2D eigenvalue weighted by Gasteiger charge is 2.32. The van der Waals surface area contributed by atoms with Crippen LogP contribution in [0.3, 0.4) is 0 Å². The molecule has 3 unspecified atom stereocenters. The first-order valence-corrected chi connectivity index (χ1v) is 7.56. The fraction of sp³-hybridized carbons (Fsp3) is 1.00. The molecule has 2 aliphatic heterocycles. The summed E-state index contributed by atoms with van der Waals surface area (Å²) in [5, 5.41) is 0. The summed E-state index contributed by atoms with van der Waals surface area (Å²) in [7, 11) is 0. The highest BCUT2D eigenvalue weighted by Crippen LogP contribution is 2.27. The number of rotatable bonds is 1. The molecule has 98 valence electrons. The van der Waals surface area contributed by atoms with Crippen LogP contribution in [0.2, 0.25) is 0 Å². The van der Waals surface area contributed by atoms with Crippen molar-refractivity contribution in [1.29, 1.82) is 0 Å². The molecule has 3 fully saturated rings. The van der Waals surface area contributed by atoms with Crippen molar-refractivity contribution in [3.8, 4) is 0 Å². The molecule has 0 bridgehead atoms. The van der Waals surface area contributed by atoms with Gasteiger partial charge in [-0.15, -0.1) is 0 Å². The van der Waals surface area contributed by atoms with Crippen molar-refractivity contribution in [3.05, 3.63) is 0 Å². The Morgan fingerprint density at radius 3 is 2.41 bits per heavy atom. The molecule has 0 radical (unpaired) electrons. The van der Waals surface area contributed by atoms with E-state index < -0.39 is 0 Å². The second-order valence-corrected chi connectivity index (χ2v) is 6.26. The first-order valence-electron chi connectivity index (χ1n) is 7.56. The molecule has 3 nitrogen and oxygen atoms in total. The average Bonchev–Trinajstić information content (AvgIpc) is 2.66. The molecule has 2 saturated heterocycles. The third-order valence-corrected chi connectivity index (χ3v) is 5.04. The molecule has 0 spiro atoms. The second-order valence-electron chi connectivity index (χ2n) is 6.26. The van der Waals surface area contributed by atoms with Gasteiger partial charge in [0.15, 0.2) is 0 Å². The molecule has 17 heavy (non-hydrogen) atoms. The third kappa shape index (κ3) is 2.67. The lowest BCUT2D eigenvalue weighted by atomic mass is 9.90. The predicted octanol–water partition coefficient (Wildman–Crippen LogP) is 1.43. The van der Waals surface area contributed by atoms with Gasteiger partial charge in [0, 0.05) is 24.7 Å². The molecule has 0 amide bonds. The van der Waals surface area contributed by atoms with Crippen LogP contribution in [-0.2, 0) is 0 Å². The Labute approximate surface area is 105 Å². The molecule has 3 heteroatoms. The second kappa shape index (κ2) is 5.25. The summed E-state index contributed by atoms with van der Waals surface area (Å²) < 4.78 is 0. The smallest absolute Gasteiger partial charge is 0.0223 e. The molecule has 3 rings (SSSR count). The summed E-state index contributed by atoms with van der Waals surface area (Å²) in [6.45, 7) is 5.31. The Morgan fingerprint density at radius 2 is 1.53 bits per heavy atom. The van der Waals surface area contributed by atoms with E-state index >= 15 is 0 Å². The van der Waals surface area contributed by atoms with Gasteiger partial charge in [-0.25, -0.2) is 0 Å². The maximum Gasteiger partial charge on any atom is 0.0223 e. The third-order valence-electron chi connectivity index (χ3n) is 5.04. The Kier molecular flexibility index (Phi) is 3.69. The molecular formula is C14H27N3. The van der Waals surface area contributed by atoms with E-state index in [0.29, 0.717) is 6.04 Å². The summed E-state index contributed by atoms with van der Waals surface area (Å²) in [5.74, 6) is 0. The van der Waals surface area contributed by atoms with Crippen molar-refractivity contribution in [2.45, 2.75) is 63.1 Å². The molecule has 1 saturated carbocycles. The molecule has 2 heterocycles. The van der Waals surface area contributed by atoms with Gasteiger partial charge in [0.05, 0.1) is 0 Å². The molecule has 0 aromatic carbocycles. The van der Waals surface area contributed by atoms with Gasteiger partial charge in [-0.3, -0.25) is 9.80 Å². The van der Waals surface area contributed by atoms with E-state index in [1.54, 1.807) is 0 Å². The van der Waals surface area contributed by atoms with Crippen molar-refractivity contribution < 1.29 is 0 Å². The van der Waals surface area contributed by atoms with Crippen LogP contribution in [0, 0.1) is 0 Å². The van der Waals surface area contributed by atoms with Gasteiger partial charge in [0.1, 0.15) is 0 Å². The minimum Gasteiger partial charge on any atom is -0.328 e. The van der Waals surface area contributed by atoms with E-state index in [1.807, 2.05) is 0 Å². The van der Waals surface area contributed by atoms with Crippen LogP contribution in [0.5, 0.6) is 0 Å². The molecule has 2 N–H and O–H groups in total. The highest BCUT2D eigenvalue weighted by molar-refractivity contribution is 4.89. The van der Waals surface area contributed by atoms with Crippen LogP contribution < -0.4 is 5.73 Å². The van der Waals surface area contributed by atoms with Gasteiger partial charge < -0.3 is 5.73 Å². The Hall–Kier alpha value is -0.120. The molecule has 3 atom stereocenters. The fourth-order valence-electron chi connectivity index (χ4n) is 4.10. The number of hydrogen-bond donors (Lipinski definition) is 1. The Bertz CT molecular complexity index is 256. The lowest BCUT2D eigenvalue weighted by Gasteiger charge is -2.37. The predicted molar refractivity (Wildman–Crippen MR) is 71.0 cm³/mol. The summed E-state index contributed by atoms with van der Waals surface area (Å²) >= 11 is 0. The fourth-order valence-corrected chi connectivity index (χ4v) is 4.10. The van der Waals surface area contributed by atoms with Crippen LogP contribution in [0.25, 0.3) is 0 Å². The van der Waals surface area contributed by atoms with E-state index in [4.69, 9.17) is 5.73 Å². The number of nitrogens with two attached hydrogens (primary N) is 1. The van der Waals surface area contributed by atoms with E-state index in [-0.39, 0.29) is 0 Å². The maximum atomic E-state index is 6.14. The average molecular weight is 237 g/mol. The molecule has 3 aliphatic rings. The van der Waals surface area contributed by atoms with Crippen LogP contribution in [0.4, 0.5) is 0 Å². The van der Waals surface area contributed by atoms with Crippen molar-refractivity contribution in [1.82, 2.24) is 9.80 Å². The van der Waals surface area contributed by atoms with E-state index in [2.05, 4.69) is 9.80 Å². The quantitative estimate of drug-likeness (QED) is 0.749. The minimum absolute atomic E-state index is 0.469. The highest BCUT2D eigenvalue weighted by atomic mass is 15.3. The summed E-state index contributed by atoms with van der Waals surface area (Å²) in [6.07, 6.45) is 9.43. The monoisotopic (exact) mass is 237 g/mol. The maximum absolute atomic E-state index is 6.14. The van der Waals surface area contributed by atoms with Crippen molar-refractivity contribution in [2.24, 2.45) is 5.73 Å². The van der Waals surface area contributed by atoms with E-state index in [0.717, 1.165) is 12.1 Å². The van der Waals surface area contributed by atoms with E-state index in [9.17, 15) is 0 Å². The first-order chi connectivity index (χ1) is 8.33. The van der Waals surface area contributed by atoms with Crippen molar-refractivity contribution >= 4 is 0 Å². The Balaban J connectivity index is 1.62. The van der Waals surface area contributed by atoms with Crippen LogP contribution in [-0.4, -0.2) is 54.1 Å². The Morgan fingerprint density at radius 1 is 0.765 bits per heavy atom. The topological polar surface area (TPSA) is 32.5 Å². The zero-order chi connectivity index (χ0) is 11.7. The van der Waals surface area contributed by atoms with Crippen LogP contribution >= 0.6 is 0 Å². The van der Waals surface area contributed by atoms with Crippen LogP contribution in [0.1, 0.15) is 44.9 Å². The number of fused-ring (bicyclic) bond motifs is 1. The normalized spacial score (nSPS) is 41.1. The van der Waals surface area contributed by atoms with Gasteiger partial charge in [-0.2, -0.15) is 0 Å². The van der Waals surface area contributed by atoms with Gasteiger partial charge in [0.25, 0.3) is 0 Å². The van der Waals surface area contributed by atoms with Crippen molar-refractivity contribution in [2.75, 3.05) is 26.2 Å². The molecule has 0 aromatic rings. The number of hydrogen-bond acceptors (Lipinski definition) is 3. The zero-order valence-electron chi connectivity index (χ0n) is 11.0. The van der Waals surface area contributed by atoms with Crippen molar-refractivity contribution in [3.63, 3.8) is 0 Å². The lowest BCUT2D eigenvalue weighted by Crippen LogP contribution is -2.46. The largest absolute Gasteiger partial charge is 0.328 e. The summed E-state index contributed by atoms with van der Waals surface area (Å²) in [5.41, 5.74) is 6.14. The number of nitrogens with zero attached hydrogens (tertiary/aromatic N) is 2. The van der Waals surface area contributed by atoms with Gasteiger partial charge >= 0.3 is 0 Å². The van der Waals surface area contributed by atoms with Gasteiger partial charge in [0.2, 0.25) is 0 Å². The van der Waals surface area contributed by atoms with Gasteiger partial charge in [-0.05, 0) is 58.2 Å². The van der Waals surface area contributed by atoms with E-state index in [1.165, 1.54) is 71.1 Å². The summed E-state index contributed by atoms with van der Waals surface area (Å²) in [6, 6.07) is 2.12. The zero-order valence-corrected chi connectivity index (χ0v) is 11.0. The van der Waals surface area contributed by atoms with Gasteiger partial charge in [-0.1, -0.05) is 6.42 Å². The minimum atomic E-state index is 0.469. The summed E-state index contributed by atoms with van der Waals surface area (Å²) in [4.78, 5) is 5.50. The lowest BCUT2D eigenvalue weighted by molar-refractivity contribution is 0.134. The molecule has 1 aliphatic carbocycles. The van der Waals surface area contributed by atoms with Crippen LogP contribution in [0.15, 0.2) is 0 Å².